The first-order valence-electron chi connectivity index (χ1n) is 9.22. The molecule has 0 radical (unpaired) electrons. The van der Waals surface area contributed by atoms with Gasteiger partial charge in [0, 0.05) is 25.0 Å². The molecule has 2 fully saturated rings. The van der Waals surface area contributed by atoms with E-state index in [-0.39, 0.29) is 17.4 Å². The molecular weight excluding hydrogens is 346 g/mol. The van der Waals surface area contributed by atoms with Crippen LogP contribution in [0.15, 0.2) is 35.2 Å². The number of carbonyl (C=O) groups excluding carboxylic acids is 1. The number of thiazole rings is 1. The molecule has 1 aliphatic heterocycles. The van der Waals surface area contributed by atoms with E-state index in [0.717, 1.165) is 43.6 Å². The van der Waals surface area contributed by atoms with E-state index in [9.17, 15) is 9.90 Å². The van der Waals surface area contributed by atoms with Gasteiger partial charge in [-0.25, -0.2) is 4.98 Å². The Morgan fingerprint density at radius 3 is 2.77 bits per heavy atom. The van der Waals surface area contributed by atoms with Crippen molar-refractivity contribution in [2.75, 3.05) is 13.1 Å². The van der Waals surface area contributed by atoms with Crippen LogP contribution in [0.5, 0.6) is 0 Å². The highest BCUT2D eigenvalue weighted by Gasteiger charge is 2.52. The lowest BCUT2D eigenvalue weighted by atomic mass is 9.92. The number of likely N-dealkylation sites (tertiary alicyclic amines) is 1. The monoisotopic (exact) mass is 371 g/mol. The van der Waals surface area contributed by atoms with Gasteiger partial charge in [-0.1, -0.05) is 29.8 Å². The number of amides is 1. The van der Waals surface area contributed by atoms with Crippen LogP contribution < -0.4 is 5.32 Å². The van der Waals surface area contributed by atoms with Crippen LogP contribution in [-0.2, 0) is 16.8 Å². The molecule has 1 aromatic heterocycles. The van der Waals surface area contributed by atoms with E-state index < -0.39 is 6.10 Å². The third-order valence-electron chi connectivity index (χ3n) is 5.64. The second-order valence-corrected chi connectivity index (χ2v) is 8.32. The Balaban J connectivity index is 1.35. The van der Waals surface area contributed by atoms with Crippen molar-refractivity contribution < 1.29 is 9.90 Å². The number of β-amino-alcohol motifs (C(OH)–C–C–N with tert-alkyl or cyclic N) is 1. The number of hydrogen-bond donors (Lipinski definition) is 2. The van der Waals surface area contributed by atoms with Gasteiger partial charge in [0.15, 0.2) is 0 Å². The number of aliphatic hydroxyl groups is 1. The number of carbonyl (C=O) groups is 1. The molecule has 1 saturated carbocycles. The molecule has 138 valence electrons. The Kier molecular flexibility index (Phi) is 4.82. The molecule has 0 unspecified atom stereocenters. The lowest BCUT2D eigenvalue weighted by molar-refractivity contribution is -0.125. The number of nitrogens with zero attached hydrogens (tertiary/aromatic N) is 2. The second kappa shape index (κ2) is 7.10. The average molecular weight is 372 g/mol. The standard InChI is InChI=1S/C20H25N3O2S/c1-14-2-4-15(5-3-14)20(7-8-20)19(25)22-17-6-9-23(11-18(17)24)10-16-12-26-13-21-16/h2-5,12-13,17-18,24H,6-11H2,1H3,(H,22,25)/t17-,18-/m1/s1. The summed E-state index contributed by atoms with van der Waals surface area (Å²) in [5.74, 6) is 0.0679. The summed E-state index contributed by atoms with van der Waals surface area (Å²) >= 11 is 1.59. The highest BCUT2D eigenvalue weighted by Crippen LogP contribution is 2.48. The van der Waals surface area contributed by atoms with Crippen LogP contribution in [0.4, 0.5) is 0 Å². The van der Waals surface area contributed by atoms with Crippen molar-refractivity contribution in [2.45, 2.75) is 50.3 Å². The van der Waals surface area contributed by atoms with Crippen molar-refractivity contribution in [3.8, 4) is 0 Å². The minimum absolute atomic E-state index is 0.0679. The zero-order valence-corrected chi connectivity index (χ0v) is 15.8. The molecular formula is C20H25N3O2S. The largest absolute Gasteiger partial charge is 0.390 e. The smallest absolute Gasteiger partial charge is 0.230 e. The minimum atomic E-state index is -0.542. The average Bonchev–Trinajstić information content (AvgIpc) is 3.29. The molecule has 0 bridgehead atoms. The van der Waals surface area contributed by atoms with E-state index in [4.69, 9.17) is 0 Å². The molecule has 2 N–H and O–H groups in total. The van der Waals surface area contributed by atoms with Crippen LogP contribution in [0.25, 0.3) is 0 Å². The molecule has 2 atom stereocenters. The molecule has 2 aliphatic rings. The van der Waals surface area contributed by atoms with Gasteiger partial charge in [0.25, 0.3) is 0 Å². The summed E-state index contributed by atoms with van der Waals surface area (Å²) in [7, 11) is 0. The molecule has 2 heterocycles. The quantitative estimate of drug-likeness (QED) is 0.846. The van der Waals surface area contributed by atoms with Crippen molar-refractivity contribution in [1.82, 2.24) is 15.2 Å². The van der Waals surface area contributed by atoms with E-state index >= 15 is 0 Å². The minimum Gasteiger partial charge on any atom is -0.390 e. The normalized spacial score (nSPS) is 25.0. The molecule has 1 aliphatic carbocycles. The van der Waals surface area contributed by atoms with Gasteiger partial charge in [0.2, 0.25) is 5.91 Å². The summed E-state index contributed by atoms with van der Waals surface area (Å²) in [4.78, 5) is 19.4. The van der Waals surface area contributed by atoms with Gasteiger partial charge in [-0.2, -0.15) is 0 Å². The SMILES string of the molecule is Cc1ccc(C2(C(=O)N[C@@H]3CCN(Cc4cscn4)C[C@H]3O)CC2)cc1. The fourth-order valence-corrected chi connectivity index (χ4v) is 4.35. The molecule has 1 aromatic carbocycles. The van der Waals surface area contributed by atoms with E-state index in [1.807, 2.05) is 10.9 Å². The number of nitrogens with one attached hydrogen (secondary N) is 1. The molecule has 4 rings (SSSR count). The Hall–Kier alpha value is -1.76. The number of aryl methyl sites for hydroxylation is 1. The summed E-state index contributed by atoms with van der Waals surface area (Å²) < 4.78 is 0. The van der Waals surface area contributed by atoms with Crippen molar-refractivity contribution >= 4 is 17.2 Å². The number of aromatic nitrogens is 1. The number of aliphatic hydroxyl groups excluding tert-OH is 1. The highest BCUT2D eigenvalue weighted by molar-refractivity contribution is 7.07. The van der Waals surface area contributed by atoms with E-state index in [0.29, 0.717) is 6.54 Å². The zero-order chi connectivity index (χ0) is 18.1. The highest BCUT2D eigenvalue weighted by atomic mass is 32.1. The third-order valence-corrected chi connectivity index (χ3v) is 6.28. The fraction of sp³-hybridized carbons (Fsp3) is 0.500. The van der Waals surface area contributed by atoms with Gasteiger partial charge >= 0.3 is 0 Å². The van der Waals surface area contributed by atoms with Gasteiger partial charge in [0.05, 0.1) is 28.8 Å². The molecule has 6 heteroatoms. The summed E-state index contributed by atoms with van der Waals surface area (Å²) in [5.41, 5.74) is 4.79. The predicted molar refractivity (Wildman–Crippen MR) is 102 cm³/mol. The van der Waals surface area contributed by atoms with Crippen molar-refractivity contribution in [3.63, 3.8) is 0 Å². The van der Waals surface area contributed by atoms with Gasteiger partial charge in [-0.3, -0.25) is 9.69 Å². The van der Waals surface area contributed by atoms with Crippen LogP contribution in [0.2, 0.25) is 0 Å². The van der Waals surface area contributed by atoms with Crippen molar-refractivity contribution in [1.29, 1.82) is 0 Å². The topological polar surface area (TPSA) is 65.5 Å². The summed E-state index contributed by atoms with van der Waals surface area (Å²) in [6, 6.07) is 8.09. The lowest BCUT2D eigenvalue weighted by Crippen LogP contribution is -2.55. The predicted octanol–water partition coefficient (Wildman–Crippen LogP) is 2.23. The Bertz CT molecular complexity index is 756. The molecule has 2 aromatic rings. The summed E-state index contributed by atoms with van der Waals surface area (Å²) in [6.45, 7) is 4.24. The van der Waals surface area contributed by atoms with Crippen LogP contribution in [0, 0.1) is 6.92 Å². The van der Waals surface area contributed by atoms with E-state index in [2.05, 4.69) is 46.4 Å². The molecule has 1 amide bonds. The Labute approximate surface area is 158 Å². The van der Waals surface area contributed by atoms with Gasteiger partial charge in [0.1, 0.15) is 0 Å². The zero-order valence-electron chi connectivity index (χ0n) is 15.0. The first-order chi connectivity index (χ1) is 12.6. The summed E-state index contributed by atoms with van der Waals surface area (Å²) in [5, 5.41) is 15.7. The number of benzene rings is 1. The van der Waals surface area contributed by atoms with Crippen molar-refractivity contribution in [3.05, 3.63) is 52.0 Å². The van der Waals surface area contributed by atoms with Gasteiger partial charge in [-0.05, 0) is 31.7 Å². The number of piperidine rings is 1. The first-order valence-corrected chi connectivity index (χ1v) is 10.2. The number of hydrogen-bond acceptors (Lipinski definition) is 5. The maximum absolute atomic E-state index is 12.9. The molecule has 5 nitrogen and oxygen atoms in total. The van der Waals surface area contributed by atoms with Crippen LogP contribution >= 0.6 is 11.3 Å². The van der Waals surface area contributed by atoms with Gasteiger partial charge < -0.3 is 10.4 Å². The lowest BCUT2D eigenvalue weighted by Gasteiger charge is -2.36. The molecule has 1 saturated heterocycles. The first kappa shape index (κ1) is 17.6. The summed E-state index contributed by atoms with van der Waals surface area (Å²) in [6.07, 6.45) is 2.00. The second-order valence-electron chi connectivity index (χ2n) is 7.60. The fourth-order valence-electron chi connectivity index (χ4n) is 3.80. The maximum atomic E-state index is 12.9. The third kappa shape index (κ3) is 3.54. The van der Waals surface area contributed by atoms with E-state index in [1.165, 1.54) is 5.56 Å². The van der Waals surface area contributed by atoms with Crippen LogP contribution in [0.3, 0.4) is 0 Å². The Morgan fingerprint density at radius 2 is 2.15 bits per heavy atom. The van der Waals surface area contributed by atoms with Crippen LogP contribution in [0.1, 0.15) is 36.1 Å². The van der Waals surface area contributed by atoms with Crippen LogP contribution in [-0.4, -0.2) is 46.1 Å². The Morgan fingerprint density at radius 1 is 1.38 bits per heavy atom. The molecule has 0 spiro atoms. The number of rotatable bonds is 5. The maximum Gasteiger partial charge on any atom is 0.230 e. The van der Waals surface area contributed by atoms with E-state index in [1.54, 1.807) is 11.3 Å². The molecule has 26 heavy (non-hydrogen) atoms. The van der Waals surface area contributed by atoms with Gasteiger partial charge in [-0.15, -0.1) is 11.3 Å². The van der Waals surface area contributed by atoms with Crippen molar-refractivity contribution in [2.24, 2.45) is 0 Å².